The van der Waals surface area contributed by atoms with Crippen molar-refractivity contribution in [3.63, 3.8) is 0 Å². The fraction of sp³-hybridized carbons (Fsp3) is 0. The van der Waals surface area contributed by atoms with Gasteiger partial charge in [0.2, 0.25) is 6.41 Å². The largest absolute Gasteiger partial charge is 0.506 e. The van der Waals surface area contributed by atoms with Gasteiger partial charge in [-0.2, -0.15) is 0 Å². The van der Waals surface area contributed by atoms with E-state index in [1.165, 1.54) is 30.3 Å². The summed E-state index contributed by atoms with van der Waals surface area (Å²) in [5, 5.41) is 32.9. The van der Waals surface area contributed by atoms with Crippen molar-refractivity contribution in [2.45, 2.75) is 0 Å². The second-order valence-electron chi connectivity index (χ2n) is 4.15. The third kappa shape index (κ3) is 3.21. The Balaban J connectivity index is 2.20. The van der Waals surface area contributed by atoms with Gasteiger partial charge in [0.1, 0.15) is 5.75 Å². The van der Waals surface area contributed by atoms with E-state index >= 15 is 0 Å². The molecule has 0 radical (unpaired) electrons. The Labute approximate surface area is 119 Å². The molecule has 0 heterocycles. The Morgan fingerprint density at radius 1 is 0.952 bits per heavy atom. The molecule has 0 unspecified atom stereocenters. The summed E-state index contributed by atoms with van der Waals surface area (Å²) < 4.78 is 0. The van der Waals surface area contributed by atoms with E-state index < -0.39 is 11.7 Å². The number of anilines is 2. The van der Waals surface area contributed by atoms with Gasteiger partial charge in [0.05, 0.1) is 5.69 Å². The van der Waals surface area contributed by atoms with E-state index in [0.717, 1.165) is 6.07 Å². The van der Waals surface area contributed by atoms with Crippen molar-refractivity contribution in [1.29, 1.82) is 0 Å². The maximum atomic E-state index is 12.0. The van der Waals surface area contributed by atoms with Crippen LogP contribution in [0.4, 0.5) is 11.4 Å². The Bertz CT molecular complexity index is 700. The van der Waals surface area contributed by atoms with Crippen molar-refractivity contribution in [1.82, 2.24) is 0 Å². The molecule has 108 valence electrons. The van der Waals surface area contributed by atoms with Crippen LogP contribution in [0.5, 0.6) is 17.2 Å². The molecule has 21 heavy (non-hydrogen) atoms. The molecule has 0 fully saturated rings. The molecule has 2 aromatic rings. The fourth-order valence-electron chi connectivity index (χ4n) is 1.66. The number of aromatic hydroxyl groups is 3. The fourth-order valence-corrected chi connectivity index (χ4v) is 1.66. The zero-order valence-corrected chi connectivity index (χ0v) is 10.7. The van der Waals surface area contributed by atoms with Crippen molar-refractivity contribution in [2.24, 2.45) is 0 Å². The van der Waals surface area contributed by atoms with Crippen LogP contribution < -0.4 is 10.6 Å². The van der Waals surface area contributed by atoms with Crippen LogP contribution >= 0.6 is 0 Å². The van der Waals surface area contributed by atoms with E-state index in [-0.39, 0.29) is 22.7 Å². The monoisotopic (exact) mass is 288 g/mol. The third-order valence-electron chi connectivity index (χ3n) is 2.71. The summed E-state index contributed by atoms with van der Waals surface area (Å²) in [6.45, 7) is 0. The van der Waals surface area contributed by atoms with Crippen LogP contribution in [0.3, 0.4) is 0 Å². The second-order valence-corrected chi connectivity index (χ2v) is 4.15. The average molecular weight is 288 g/mol. The number of hydrogen-bond donors (Lipinski definition) is 5. The highest BCUT2D eigenvalue weighted by atomic mass is 16.3. The standard InChI is InChI=1S/C14H12N2O5/c17-7-15-10-6-9(2-4-11(10)18)16-14(21)8-1-3-12(19)13(20)5-8/h1-7,18-20H,(H,15,17)(H,16,21). The lowest BCUT2D eigenvalue weighted by atomic mass is 10.1. The SMILES string of the molecule is O=CNc1cc(NC(=O)c2ccc(O)c(O)c2)ccc1O. The molecule has 0 aromatic heterocycles. The van der Waals surface area contributed by atoms with E-state index in [1.54, 1.807) is 0 Å². The van der Waals surface area contributed by atoms with E-state index in [4.69, 9.17) is 0 Å². The molecule has 7 nitrogen and oxygen atoms in total. The number of amides is 2. The van der Waals surface area contributed by atoms with Crippen LogP contribution in [0, 0.1) is 0 Å². The number of rotatable bonds is 4. The molecular formula is C14H12N2O5. The highest BCUT2D eigenvalue weighted by Gasteiger charge is 2.10. The molecule has 0 spiro atoms. The lowest BCUT2D eigenvalue weighted by Gasteiger charge is -2.09. The first-order valence-electron chi connectivity index (χ1n) is 5.88. The molecule has 0 atom stereocenters. The van der Waals surface area contributed by atoms with E-state index in [0.29, 0.717) is 12.1 Å². The lowest BCUT2D eigenvalue weighted by Crippen LogP contribution is -2.11. The van der Waals surface area contributed by atoms with Gasteiger partial charge < -0.3 is 26.0 Å². The highest BCUT2D eigenvalue weighted by molar-refractivity contribution is 6.05. The summed E-state index contributed by atoms with van der Waals surface area (Å²) in [6.07, 6.45) is 0.401. The average Bonchev–Trinajstić information content (AvgIpc) is 2.45. The van der Waals surface area contributed by atoms with E-state index in [9.17, 15) is 24.9 Å². The summed E-state index contributed by atoms with van der Waals surface area (Å²) in [5.74, 6) is -1.39. The van der Waals surface area contributed by atoms with Gasteiger partial charge in [0, 0.05) is 11.3 Å². The number of nitrogens with one attached hydrogen (secondary N) is 2. The number of phenols is 3. The van der Waals surface area contributed by atoms with Crippen LogP contribution in [0.1, 0.15) is 10.4 Å². The van der Waals surface area contributed by atoms with Crippen LogP contribution in [0.15, 0.2) is 36.4 Å². The number of benzene rings is 2. The summed E-state index contributed by atoms with van der Waals surface area (Å²) in [4.78, 5) is 22.4. The van der Waals surface area contributed by atoms with Crippen LogP contribution in [0.25, 0.3) is 0 Å². The van der Waals surface area contributed by atoms with Gasteiger partial charge in [-0.25, -0.2) is 0 Å². The molecule has 5 N–H and O–H groups in total. The van der Waals surface area contributed by atoms with Crippen LogP contribution in [0.2, 0.25) is 0 Å². The summed E-state index contributed by atoms with van der Waals surface area (Å²) >= 11 is 0. The van der Waals surface area contributed by atoms with Gasteiger partial charge in [-0.05, 0) is 36.4 Å². The lowest BCUT2D eigenvalue weighted by molar-refractivity contribution is -0.105. The molecule has 0 bridgehead atoms. The molecule has 2 rings (SSSR count). The molecule has 7 heteroatoms. The molecule has 0 aliphatic heterocycles. The third-order valence-corrected chi connectivity index (χ3v) is 2.71. The van der Waals surface area contributed by atoms with Gasteiger partial charge in [0.15, 0.2) is 11.5 Å². The molecule has 2 amide bonds. The predicted octanol–water partition coefficient (Wildman–Crippen LogP) is 1.62. The zero-order valence-electron chi connectivity index (χ0n) is 10.7. The Kier molecular flexibility index (Phi) is 3.94. The molecule has 2 aromatic carbocycles. The number of phenolic OH excluding ortho intramolecular Hbond substituents is 3. The maximum absolute atomic E-state index is 12.0. The zero-order chi connectivity index (χ0) is 15.4. The minimum absolute atomic E-state index is 0.137. The van der Waals surface area contributed by atoms with E-state index in [1.807, 2.05) is 0 Å². The summed E-state index contributed by atoms with van der Waals surface area (Å²) in [6, 6.07) is 7.80. The first kappa shape index (κ1) is 14.2. The number of carbonyl (C=O) groups excluding carboxylic acids is 2. The Morgan fingerprint density at radius 2 is 1.67 bits per heavy atom. The topological polar surface area (TPSA) is 119 Å². The summed E-state index contributed by atoms with van der Waals surface area (Å²) in [7, 11) is 0. The number of hydrogen-bond acceptors (Lipinski definition) is 5. The quantitative estimate of drug-likeness (QED) is 0.333. The first-order chi connectivity index (χ1) is 10.0. The van der Waals surface area contributed by atoms with Crippen molar-refractivity contribution in [2.75, 3.05) is 10.6 Å². The molecular weight excluding hydrogens is 276 g/mol. The van der Waals surface area contributed by atoms with Gasteiger partial charge in [-0.3, -0.25) is 9.59 Å². The van der Waals surface area contributed by atoms with Gasteiger partial charge in [-0.15, -0.1) is 0 Å². The van der Waals surface area contributed by atoms with Crippen molar-refractivity contribution >= 4 is 23.7 Å². The van der Waals surface area contributed by atoms with E-state index in [2.05, 4.69) is 10.6 Å². The smallest absolute Gasteiger partial charge is 0.255 e. The van der Waals surface area contributed by atoms with Gasteiger partial charge in [0.25, 0.3) is 5.91 Å². The minimum Gasteiger partial charge on any atom is -0.506 e. The first-order valence-corrected chi connectivity index (χ1v) is 5.88. The van der Waals surface area contributed by atoms with Crippen LogP contribution in [-0.2, 0) is 4.79 Å². The van der Waals surface area contributed by atoms with Gasteiger partial charge >= 0.3 is 0 Å². The van der Waals surface area contributed by atoms with Crippen molar-refractivity contribution in [3.8, 4) is 17.2 Å². The molecule has 0 saturated heterocycles. The number of carbonyl (C=O) groups is 2. The maximum Gasteiger partial charge on any atom is 0.255 e. The highest BCUT2D eigenvalue weighted by Crippen LogP contribution is 2.28. The van der Waals surface area contributed by atoms with Crippen molar-refractivity contribution in [3.05, 3.63) is 42.0 Å². The van der Waals surface area contributed by atoms with Gasteiger partial charge in [-0.1, -0.05) is 0 Å². The minimum atomic E-state index is -0.520. The molecule has 0 aliphatic carbocycles. The molecule has 0 saturated carbocycles. The Hall–Kier alpha value is -3.22. The summed E-state index contributed by atoms with van der Waals surface area (Å²) in [5.41, 5.74) is 0.634. The van der Waals surface area contributed by atoms with Crippen LogP contribution in [-0.4, -0.2) is 27.6 Å². The normalized spacial score (nSPS) is 9.90. The predicted molar refractivity (Wildman–Crippen MR) is 75.5 cm³/mol. The second kappa shape index (κ2) is 5.83. The molecule has 0 aliphatic rings. The Morgan fingerprint density at radius 3 is 2.33 bits per heavy atom. The van der Waals surface area contributed by atoms with Crippen molar-refractivity contribution < 1.29 is 24.9 Å².